The van der Waals surface area contributed by atoms with Crippen LogP contribution in [0.2, 0.25) is 5.15 Å². The maximum absolute atomic E-state index is 14.5. The van der Waals surface area contributed by atoms with Gasteiger partial charge in [-0.05, 0) is 37.0 Å². The Balaban J connectivity index is 1.98. The van der Waals surface area contributed by atoms with Crippen LogP contribution < -0.4 is 10.6 Å². The lowest BCUT2D eigenvalue weighted by atomic mass is 9.98. The number of hydrogen-bond donors (Lipinski definition) is 1. The highest BCUT2D eigenvalue weighted by Gasteiger charge is 2.30. The summed E-state index contributed by atoms with van der Waals surface area (Å²) in [5.74, 6) is -0.336. The monoisotopic (exact) mass is 473 g/mol. The number of hydrogen-bond acceptors (Lipinski definition) is 5. The zero-order valence-corrected chi connectivity index (χ0v) is 19.6. The van der Waals surface area contributed by atoms with E-state index in [4.69, 9.17) is 11.6 Å². The van der Waals surface area contributed by atoms with E-state index in [1.54, 1.807) is 11.8 Å². The van der Waals surface area contributed by atoms with Gasteiger partial charge in [-0.1, -0.05) is 43.6 Å². The smallest absolute Gasteiger partial charge is 0.407 e. The van der Waals surface area contributed by atoms with E-state index < -0.39 is 17.6 Å². The zero-order valence-electron chi connectivity index (χ0n) is 18.8. The topological polar surface area (TPSA) is 91.6 Å². The number of pyridine rings is 1. The van der Waals surface area contributed by atoms with Crippen LogP contribution in [-0.2, 0) is 0 Å². The van der Waals surface area contributed by atoms with E-state index in [1.807, 2.05) is 39.0 Å². The molecule has 3 heterocycles. The first-order valence-corrected chi connectivity index (χ1v) is 11.1. The number of piperazine rings is 1. The summed E-state index contributed by atoms with van der Waals surface area (Å²) >= 11 is 6.05. The Hall–Kier alpha value is -3.20. The highest BCUT2D eigenvalue weighted by Crippen LogP contribution is 2.32. The number of carbonyl (C=O) groups is 1. The van der Waals surface area contributed by atoms with Crippen molar-refractivity contribution in [2.24, 2.45) is 0 Å². The molecule has 1 saturated heterocycles. The lowest BCUT2D eigenvalue weighted by Gasteiger charge is -2.39. The molecule has 0 aliphatic carbocycles. The number of halogens is 2. The molecule has 0 bridgehead atoms. The number of rotatable bonds is 3. The molecule has 3 aromatic rings. The molecule has 10 heteroatoms. The van der Waals surface area contributed by atoms with Crippen LogP contribution in [0.25, 0.3) is 16.7 Å². The minimum absolute atomic E-state index is 0.113. The van der Waals surface area contributed by atoms with Gasteiger partial charge < -0.3 is 14.9 Å². The summed E-state index contributed by atoms with van der Waals surface area (Å²) in [7, 11) is 0. The number of aryl methyl sites for hydroxylation is 1. The molecule has 8 nitrogen and oxygen atoms in total. The summed E-state index contributed by atoms with van der Waals surface area (Å²) in [6.45, 7) is 8.58. The van der Waals surface area contributed by atoms with Crippen molar-refractivity contribution in [3.05, 3.63) is 56.8 Å². The fourth-order valence-electron chi connectivity index (χ4n) is 4.41. The molecule has 1 atom stereocenters. The molecule has 33 heavy (non-hydrogen) atoms. The summed E-state index contributed by atoms with van der Waals surface area (Å²) in [6, 6.07) is 6.67. The van der Waals surface area contributed by atoms with Crippen molar-refractivity contribution < 1.29 is 14.3 Å². The number of benzene rings is 1. The third-order valence-corrected chi connectivity index (χ3v) is 6.31. The first kappa shape index (κ1) is 23.0. The van der Waals surface area contributed by atoms with Crippen LogP contribution in [0.15, 0.2) is 29.1 Å². The number of aromatic nitrogens is 3. The molecule has 0 radical (unpaired) electrons. The van der Waals surface area contributed by atoms with Gasteiger partial charge in [0, 0.05) is 25.7 Å². The van der Waals surface area contributed by atoms with Crippen molar-refractivity contribution >= 4 is 34.5 Å². The Bertz CT molecular complexity index is 1310. The highest BCUT2D eigenvalue weighted by molar-refractivity contribution is 6.30. The molecule has 1 aliphatic rings. The molecule has 0 spiro atoms. The van der Waals surface area contributed by atoms with E-state index in [0.29, 0.717) is 24.2 Å². The summed E-state index contributed by atoms with van der Waals surface area (Å²) in [4.78, 5) is 36.6. The molecule has 0 saturated carbocycles. The second-order valence-electron chi connectivity index (χ2n) is 8.62. The number of amides is 1. The van der Waals surface area contributed by atoms with Crippen molar-refractivity contribution in [2.45, 2.75) is 39.7 Å². The quantitative estimate of drug-likeness (QED) is 0.573. The Kier molecular flexibility index (Phi) is 6.00. The number of para-hydroxylation sites is 1. The number of carboxylic acid groups (broad SMARTS) is 1. The van der Waals surface area contributed by atoms with Crippen molar-refractivity contribution in [1.82, 2.24) is 19.4 Å². The minimum atomic E-state index is -1.00. The molecule has 1 aromatic carbocycles. The molecule has 1 fully saturated rings. The van der Waals surface area contributed by atoms with Gasteiger partial charge in [0.25, 0.3) is 0 Å². The van der Waals surface area contributed by atoms with E-state index >= 15 is 0 Å². The van der Waals surface area contributed by atoms with Crippen molar-refractivity contribution in [1.29, 1.82) is 0 Å². The Labute approximate surface area is 195 Å². The van der Waals surface area contributed by atoms with Gasteiger partial charge in [0.05, 0.1) is 11.1 Å². The fourth-order valence-corrected chi connectivity index (χ4v) is 4.55. The van der Waals surface area contributed by atoms with E-state index in [-0.39, 0.29) is 35.1 Å². The van der Waals surface area contributed by atoms with E-state index in [0.717, 1.165) is 11.1 Å². The Morgan fingerprint density at radius 2 is 2.00 bits per heavy atom. The summed E-state index contributed by atoms with van der Waals surface area (Å²) in [5, 5.41) is 9.37. The summed E-state index contributed by atoms with van der Waals surface area (Å²) in [5.41, 5.74) is 2.09. The predicted molar refractivity (Wildman–Crippen MR) is 125 cm³/mol. The van der Waals surface area contributed by atoms with Crippen molar-refractivity contribution in [3.8, 4) is 5.69 Å². The fraction of sp³-hybridized carbons (Fsp3) is 0.391. The van der Waals surface area contributed by atoms with Crippen LogP contribution in [0.5, 0.6) is 0 Å². The number of fused-ring (bicyclic) bond motifs is 1. The van der Waals surface area contributed by atoms with Crippen molar-refractivity contribution in [3.63, 3.8) is 0 Å². The number of nitrogens with zero attached hydrogens (tertiary/aromatic N) is 5. The number of anilines is 1. The highest BCUT2D eigenvalue weighted by atomic mass is 35.5. The normalized spacial score (nSPS) is 16.6. The molecule has 1 aliphatic heterocycles. The summed E-state index contributed by atoms with van der Waals surface area (Å²) < 4.78 is 15.9. The Morgan fingerprint density at radius 3 is 2.64 bits per heavy atom. The first-order chi connectivity index (χ1) is 15.6. The van der Waals surface area contributed by atoms with Gasteiger partial charge in [-0.3, -0.25) is 0 Å². The van der Waals surface area contributed by atoms with Gasteiger partial charge in [-0.2, -0.15) is 4.98 Å². The van der Waals surface area contributed by atoms with E-state index in [9.17, 15) is 19.1 Å². The second kappa shape index (κ2) is 8.62. The van der Waals surface area contributed by atoms with Gasteiger partial charge in [0.2, 0.25) is 0 Å². The third kappa shape index (κ3) is 4.01. The molecule has 174 valence electrons. The van der Waals surface area contributed by atoms with Crippen LogP contribution in [0, 0.1) is 12.7 Å². The lowest BCUT2D eigenvalue weighted by Crippen LogP contribution is -2.54. The van der Waals surface area contributed by atoms with E-state index in [2.05, 4.69) is 9.97 Å². The maximum Gasteiger partial charge on any atom is 0.407 e. The second-order valence-corrected chi connectivity index (χ2v) is 8.98. The van der Waals surface area contributed by atoms with Crippen LogP contribution >= 0.6 is 11.6 Å². The molecule has 1 amide bonds. The standard InChI is InChI=1S/C23H25ClFN5O3/c1-12(2)15-7-5-6-13(3)18(15)30-21-16(10-17(25)19(24)26-21)20(27-22(30)31)28-8-9-29(23(32)33)14(4)11-28/h5-7,10,12,14H,8-9,11H2,1-4H3,(H,32,33). The lowest BCUT2D eigenvalue weighted by molar-refractivity contribution is 0.122. The molecular weight excluding hydrogens is 449 g/mol. The van der Waals surface area contributed by atoms with Crippen LogP contribution in [-0.4, -0.2) is 56.3 Å². The van der Waals surface area contributed by atoms with Gasteiger partial charge in [0.15, 0.2) is 16.6 Å². The van der Waals surface area contributed by atoms with Gasteiger partial charge in [0.1, 0.15) is 5.82 Å². The maximum atomic E-state index is 14.5. The van der Waals surface area contributed by atoms with Crippen molar-refractivity contribution in [2.75, 3.05) is 24.5 Å². The average molecular weight is 474 g/mol. The van der Waals surface area contributed by atoms with E-state index in [1.165, 1.54) is 15.5 Å². The largest absolute Gasteiger partial charge is 0.465 e. The van der Waals surface area contributed by atoms with Gasteiger partial charge in [-0.25, -0.2) is 23.5 Å². The molecular formula is C23H25ClFN5O3. The molecule has 2 aromatic heterocycles. The van der Waals surface area contributed by atoms with Gasteiger partial charge >= 0.3 is 11.8 Å². The van der Waals surface area contributed by atoms with Gasteiger partial charge in [-0.15, -0.1) is 0 Å². The van der Waals surface area contributed by atoms with Crippen LogP contribution in [0.3, 0.4) is 0 Å². The summed E-state index contributed by atoms with van der Waals surface area (Å²) in [6.07, 6.45) is -1.00. The van der Waals surface area contributed by atoms with Crippen LogP contribution in [0.1, 0.15) is 37.8 Å². The zero-order chi connectivity index (χ0) is 24.0. The minimum Gasteiger partial charge on any atom is -0.465 e. The molecule has 4 rings (SSSR count). The average Bonchev–Trinajstić information content (AvgIpc) is 2.74. The van der Waals surface area contributed by atoms with Crippen LogP contribution in [0.4, 0.5) is 15.0 Å². The molecule has 1 unspecified atom stereocenters. The Morgan fingerprint density at radius 1 is 1.27 bits per heavy atom. The third-order valence-electron chi connectivity index (χ3n) is 6.05. The SMILES string of the molecule is Cc1cccc(C(C)C)c1-n1c(=O)nc(N2CCN(C(=O)O)C(C)C2)c2cc(F)c(Cl)nc21. The molecule has 1 N–H and O–H groups in total. The first-order valence-electron chi connectivity index (χ1n) is 10.7. The predicted octanol–water partition coefficient (Wildman–Crippen LogP) is 4.19.